The van der Waals surface area contributed by atoms with Crippen LogP contribution in [0.2, 0.25) is 0 Å². The summed E-state index contributed by atoms with van der Waals surface area (Å²) in [5.41, 5.74) is 6.85. The van der Waals surface area contributed by atoms with E-state index in [1.54, 1.807) is 6.20 Å². The number of hydrogen-bond acceptors (Lipinski definition) is 4. The Bertz CT molecular complexity index is 579. The summed E-state index contributed by atoms with van der Waals surface area (Å²) in [5, 5.41) is 0. The standard InChI is InChI=1S/C17H23N3O3/c1-11-2-3-13(10-19-11)17(22)20-8-6-12(7-9-20)14-4-5-15(23-14)16(18)21/h2-3,10,12,14-15H,4-9H2,1H3,(H2,18,21)/t14-,15+/m0/s1. The van der Waals surface area contributed by atoms with Crippen LogP contribution in [0.3, 0.4) is 0 Å². The molecule has 0 unspecified atom stereocenters. The third kappa shape index (κ3) is 3.52. The average Bonchev–Trinajstić information content (AvgIpc) is 3.05. The molecule has 0 bridgehead atoms. The first-order chi connectivity index (χ1) is 11.0. The molecule has 0 radical (unpaired) electrons. The Kier molecular flexibility index (Phi) is 4.61. The van der Waals surface area contributed by atoms with Gasteiger partial charge in [-0.3, -0.25) is 14.6 Å². The van der Waals surface area contributed by atoms with Crippen LogP contribution in [-0.4, -0.2) is 47.0 Å². The SMILES string of the molecule is Cc1ccc(C(=O)N2CCC([C@@H]3CC[C@H](C(N)=O)O3)CC2)cn1. The highest BCUT2D eigenvalue weighted by molar-refractivity contribution is 5.94. The minimum Gasteiger partial charge on any atom is -0.367 e. The molecule has 6 nitrogen and oxygen atoms in total. The first kappa shape index (κ1) is 15.9. The summed E-state index contributed by atoms with van der Waals surface area (Å²) in [4.78, 5) is 29.7. The molecule has 2 N–H and O–H groups in total. The van der Waals surface area contributed by atoms with E-state index in [0.29, 0.717) is 17.9 Å². The molecule has 3 rings (SSSR count). The van der Waals surface area contributed by atoms with Crippen LogP contribution in [0.15, 0.2) is 18.3 Å². The summed E-state index contributed by atoms with van der Waals surface area (Å²) in [5.74, 6) is 0.0739. The van der Waals surface area contributed by atoms with Gasteiger partial charge in [-0.15, -0.1) is 0 Å². The monoisotopic (exact) mass is 317 g/mol. The number of amides is 2. The zero-order chi connectivity index (χ0) is 16.4. The van der Waals surface area contributed by atoms with Crippen LogP contribution in [0.5, 0.6) is 0 Å². The lowest BCUT2D eigenvalue weighted by Crippen LogP contribution is -2.41. The maximum atomic E-state index is 12.5. The maximum absolute atomic E-state index is 12.5. The second-order valence-electron chi connectivity index (χ2n) is 6.46. The van der Waals surface area contributed by atoms with Crippen molar-refractivity contribution in [2.45, 2.75) is 44.8 Å². The Morgan fingerprint density at radius 3 is 2.52 bits per heavy atom. The topological polar surface area (TPSA) is 85.5 Å². The van der Waals surface area contributed by atoms with Crippen molar-refractivity contribution in [3.8, 4) is 0 Å². The third-order valence-corrected chi connectivity index (χ3v) is 4.88. The molecule has 2 saturated heterocycles. The predicted octanol–water partition coefficient (Wildman–Crippen LogP) is 1.28. The molecule has 2 atom stereocenters. The number of nitrogens with zero attached hydrogens (tertiary/aromatic N) is 2. The highest BCUT2D eigenvalue weighted by Crippen LogP contribution is 2.32. The fourth-order valence-electron chi connectivity index (χ4n) is 3.47. The van der Waals surface area contributed by atoms with Crippen molar-refractivity contribution < 1.29 is 14.3 Å². The largest absolute Gasteiger partial charge is 0.367 e. The van der Waals surface area contributed by atoms with Gasteiger partial charge in [0.2, 0.25) is 5.91 Å². The Morgan fingerprint density at radius 1 is 1.22 bits per heavy atom. The molecule has 124 valence electrons. The van der Waals surface area contributed by atoms with Crippen LogP contribution in [0, 0.1) is 12.8 Å². The summed E-state index contributed by atoms with van der Waals surface area (Å²) in [6, 6.07) is 3.69. The molecule has 2 aliphatic heterocycles. The van der Waals surface area contributed by atoms with Crippen LogP contribution in [0.25, 0.3) is 0 Å². The molecule has 1 aromatic rings. The van der Waals surface area contributed by atoms with E-state index in [1.807, 2.05) is 24.0 Å². The second kappa shape index (κ2) is 6.66. The summed E-state index contributed by atoms with van der Waals surface area (Å²) in [6.45, 7) is 3.34. The third-order valence-electron chi connectivity index (χ3n) is 4.88. The van der Waals surface area contributed by atoms with Crippen molar-refractivity contribution in [3.05, 3.63) is 29.6 Å². The second-order valence-corrected chi connectivity index (χ2v) is 6.46. The Morgan fingerprint density at radius 2 is 1.96 bits per heavy atom. The smallest absolute Gasteiger partial charge is 0.255 e. The lowest BCUT2D eigenvalue weighted by Gasteiger charge is -2.34. The molecule has 0 spiro atoms. The van der Waals surface area contributed by atoms with E-state index in [-0.39, 0.29) is 17.9 Å². The summed E-state index contributed by atoms with van der Waals surface area (Å²) in [7, 11) is 0. The zero-order valence-electron chi connectivity index (χ0n) is 13.4. The van der Waals surface area contributed by atoms with Gasteiger partial charge in [-0.1, -0.05) is 0 Å². The number of piperidine rings is 1. The fourth-order valence-corrected chi connectivity index (χ4v) is 3.47. The van der Waals surface area contributed by atoms with Gasteiger partial charge in [0.05, 0.1) is 11.7 Å². The Hall–Kier alpha value is -1.95. The predicted molar refractivity (Wildman–Crippen MR) is 84.7 cm³/mol. The van der Waals surface area contributed by atoms with Gasteiger partial charge in [0.15, 0.2) is 0 Å². The fraction of sp³-hybridized carbons (Fsp3) is 0.588. The van der Waals surface area contributed by atoms with Crippen molar-refractivity contribution in [2.75, 3.05) is 13.1 Å². The number of pyridine rings is 1. The number of aryl methyl sites for hydroxylation is 1. The van der Waals surface area contributed by atoms with E-state index in [4.69, 9.17) is 10.5 Å². The normalized spacial score (nSPS) is 25.5. The van der Waals surface area contributed by atoms with Crippen molar-refractivity contribution in [3.63, 3.8) is 0 Å². The van der Waals surface area contributed by atoms with Crippen LogP contribution < -0.4 is 5.73 Å². The van der Waals surface area contributed by atoms with E-state index in [1.165, 1.54) is 0 Å². The van der Waals surface area contributed by atoms with E-state index >= 15 is 0 Å². The van der Waals surface area contributed by atoms with Crippen molar-refractivity contribution in [2.24, 2.45) is 11.7 Å². The number of carbonyl (C=O) groups excluding carboxylic acids is 2. The highest BCUT2D eigenvalue weighted by atomic mass is 16.5. The van der Waals surface area contributed by atoms with E-state index in [2.05, 4.69) is 4.98 Å². The number of rotatable bonds is 3. The number of ether oxygens (including phenoxy) is 1. The number of primary amides is 1. The first-order valence-corrected chi connectivity index (χ1v) is 8.21. The van der Waals surface area contributed by atoms with Gasteiger partial charge in [-0.2, -0.15) is 0 Å². The maximum Gasteiger partial charge on any atom is 0.255 e. The molecule has 6 heteroatoms. The molecule has 23 heavy (non-hydrogen) atoms. The lowest BCUT2D eigenvalue weighted by atomic mass is 9.89. The molecule has 3 heterocycles. The van der Waals surface area contributed by atoms with Gasteiger partial charge in [0.25, 0.3) is 5.91 Å². The molecule has 2 aliphatic rings. The van der Waals surface area contributed by atoms with Crippen molar-refractivity contribution in [1.82, 2.24) is 9.88 Å². The Labute approximate surface area is 136 Å². The summed E-state index contributed by atoms with van der Waals surface area (Å²) in [6.07, 6.45) is 4.72. The zero-order valence-corrected chi connectivity index (χ0v) is 13.4. The van der Waals surface area contributed by atoms with Crippen LogP contribution in [-0.2, 0) is 9.53 Å². The minimum atomic E-state index is -0.432. The van der Waals surface area contributed by atoms with Crippen LogP contribution in [0.1, 0.15) is 41.7 Å². The number of likely N-dealkylation sites (tertiary alicyclic amines) is 1. The van der Waals surface area contributed by atoms with Gasteiger partial charge >= 0.3 is 0 Å². The van der Waals surface area contributed by atoms with E-state index < -0.39 is 6.10 Å². The van der Waals surface area contributed by atoms with Gasteiger partial charge < -0.3 is 15.4 Å². The van der Waals surface area contributed by atoms with Gasteiger partial charge in [-0.25, -0.2) is 0 Å². The Balaban J connectivity index is 1.53. The number of nitrogens with two attached hydrogens (primary N) is 1. The highest BCUT2D eigenvalue weighted by Gasteiger charge is 2.36. The average molecular weight is 317 g/mol. The molecular formula is C17H23N3O3. The number of aromatic nitrogens is 1. The first-order valence-electron chi connectivity index (χ1n) is 8.21. The molecule has 0 aromatic carbocycles. The van der Waals surface area contributed by atoms with Crippen LogP contribution in [0.4, 0.5) is 0 Å². The quantitative estimate of drug-likeness (QED) is 0.910. The summed E-state index contributed by atoms with van der Waals surface area (Å²) >= 11 is 0. The van der Waals surface area contributed by atoms with Crippen molar-refractivity contribution >= 4 is 11.8 Å². The lowest BCUT2D eigenvalue weighted by molar-refractivity contribution is -0.130. The number of hydrogen-bond donors (Lipinski definition) is 1. The molecule has 2 amide bonds. The molecule has 0 aliphatic carbocycles. The molecule has 1 aromatic heterocycles. The molecular weight excluding hydrogens is 294 g/mol. The van der Waals surface area contributed by atoms with Gasteiger partial charge in [0.1, 0.15) is 6.10 Å². The van der Waals surface area contributed by atoms with Crippen molar-refractivity contribution in [1.29, 1.82) is 0 Å². The minimum absolute atomic E-state index is 0.0401. The number of carbonyl (C=O) groups is 2. The van der Waals surface area contributed by atoms with Crippen LogP contribution >= 0.6 is 0 Å². The van der Waals surface area contributed by atoms with Gasteiger partial charge in [0, 0.05) is 25.0 Å². The summed E-state index contributed by atoms with van der Waals surface area (Å²) < 4.78 is 5.77. The molecule has 0 saturated carbocycles. The van der Waals surface area contributed by atoms with Gasteiger partial charge in [-0.05, 0) is 50.7 Å². The molecule has 2 fully saturated rings. The van der Waals surface area contributed by atoms with E-state index in [0.717, 1.165) is 38.0 Å². The van der Waals surface area contributed by atoms with E-state index in [9.17, 15) is 9.59 Å².